The molecule has 1 amide bonds. The quantitative estimate of drug-likeness (QED) is 0.460. The van der Waals surface area contributed by atoms with Crippen LogP contribution in [0, 0.1) is 0 Å². The van der Waals surface area contributed by atoms with Gasteiger partial charge in [-0.2, -0.15) is 4.98 Å². The molecular weight excluding hydrogens is 386 g/mol. The molecule has 1 saturated carbocycles. The van der Waals surface area contributed by atoms with E-state index in [0.717, 1.165) is 34.3 Å². The van der Waals surface area contributed by atoms with Crippen LogP contribution < -0.4 is 10.1 Å². The molecule has 2 aromatic heterocycles. The predicted octanol–water partition coefficient (Wildman–Crippen LogP) is 5.48. The lowest BCUT2D eigenvalue weighted by Crippen LogP contribution is -2.14. The molecule has 2 heterocycles. The van der Waals surface area contributed by atoms with Crippen LogP contribution >= 0.6 is 11.3 Å². The summed E-state index contributed by atoms with van der Waals surface area (Å²) >= 11 is 1.46. The van der Waals surface area contributed by atoms with E-state index in [0.29, 0.717) is 35.4 Å². The lowest BCUT2D eigenvalue weighted by Gasteiger charge is -2.13. The number of amides is 1. The highest BCUT2D eigenvalue weighted by atomic mass is 32.1. The third kappa shape index (κ3) is 3.38. The molecule has 0 unspecified atom stereocenters. The number of fused-ring (bicyclic) bond motifs is 1. The maximum Gasteiger partial charge on any atom is 0.270 e. The standard InChI is InChI=1S/C22H19N3O3S/c1-2-27-17-10-9-13-5-3-4-6-15(13)18(17)21(26)23-16-11-12-29-19(16)22-24-20(25-28-22)14-7-8-14/h3-6,9-12,14H,2,7-8H2,1H3,(H,23,26). The van der Waals surface area contributed by atoms with Gasteiger partial charge in [0.1, 0.15) is 10.6 Å². The summed E-state index contributed by atoms with van der Waals surface area (Å²) in [6, 6.07) is 13.4. The number of anilines is 1. The van der Waals surface area contributed by atoms with E-state index in [-0.39, 0.29) is 5.91 Å². The molecule has 0 saturated heterocycles. The van der Waals surface area contributed by atoms with Gasteiger partial charge in [0.15, 0.2) is 5.82 Å². The van der Waals surface area contributed by atoms with E-state index >= 15 is 0 Å². The van der Waals surface area contributed by atoms with Gasteiger partial charge in [0.2, 0.25) is 0 Å². The topological polar surface area (TPSA) is 77.2 Å². The van der Waals surface area contributed by atoms with E-state index in [1.54, 1.807) is 0 Å². The molecule has 7 heteroatoms. The van der Waals surface area contributed by atoms with Crippen molar-refractivity contribution in [2.24, 2.45) is 0 Å². The fourth-order valence-corrected chi connectivity index (χ4v) is 4.12. The molecule has 0 aliphatic heterocycles. The summed E-state index contributed by atoms with van der Waals surface area (Å²) in [5.74, 6) is 1.94. The second-order valence-corrected chi connectivity index (χ2v) is 7.86. The second kappa shape index (κ2) is 7.33. The largest absolute Gasteiger partial charge is 0.493 e. The number of hydrogen-bond acceptors (Lipinski definition) is 6. The van der Waals surface area contributed by atoms with Crippen LogP contribution in [0.4, 0.5) is 5.69 Å². The molecule has 4 aromatic rings. The van der Waals surface area contributed by atoms with Crippen LogP contribution in [0.3, 0.4) is 0 Å². The van der Waals surface area contributed by atoms with Crippen LogP contribution in [0.2, 0.25) is 0 Å². The summed E-state index contributed by atoms with van der Waals surface area (Å²) in [7, 11) is 0. The first-order chi connectivity index (χ1) is 14.2. The van der Waals surface area contributed by atoms with E-state index in [9.17, 15) is 4.79 Å². The minimum atomic E-state index is -0.230. The lowest BCUT2D eigenvalue weighted by atomic mass is 10.0. The Morgan fingerprint density at radius 2 is 2.10 bits per heavy atom. The maximum absolute atomic E-state index is 13.3. The van der Waals surface area contributed by atoms with Gasteiger partial charge in [-0.3, -0.25) is 4.79 Å². The highest BCUT2D eigenvalue weighted by Crippen LogP contribution is 2.40. The first-order valence-electron chi connectivity index (χ1n) is 9.62. The Morgan fingerprint density at radius 1 is 1.24 bits per heavy atom. The van der Waals surface area contributed by atoms with E-state index in [1.165, 1.54) is 11.3 Å². The highest BCUT2D eigenvalue weighted by molar-refractivity contribution is 7.14. The second-order valence-electron chi connectivity index (χ2n) is 6.94. The number of rotatable bonds is 6. The number of ether oxygens (including phenoxy) is 1. The third-order valence-electron chi connectivity index (χ3n) is 4.91. The Hall–Kier alpha value is -3.19. The summed E-state index contributed by atoms with van der Waals surface area (Å²) in [6.45, 7) is 2.38. The van der Waals surface area contributed by atoms with Gasteiger partial charge in [0.25, 0.3) is 11.8 Å². The summed E-state index contributed by atoms with van der Waals surface area (Å²) < 4.78 is 11.2. The molecule has 1 aliphatic carbocycles. The van der Waals surface area contributed by atoms with Gasteiger partial charge in [-0.25, -0.2) is 0 Å². The Morgan fingerprint density at radius 3 is 2.93 bits per heavy atom. The van der Waals surface area contributed by atoms with Crippen LogP contribution in [-0.4, -0.2) is 22.7 Å². The Bertz CT molecular complexity index is 1190. The summed E-state index contributed by atoms with van der Waals surface area (Å²) in [6.07, 6.45) is 2.21. The van der Waals surface area contributed by atoms with Crippen molar-refractivity contribution in [3.63, 3.8) is 0 Å². The number of benzene rings is 2. The molecule has 6 nitrogen and oxygen atoms in total. The SMILES string of the molecule is CCOc1ccc2ccccc2c1C(=O)Nc1ccsc1-c1nc(C2CC2)no1. The van der Waals surface area contributed by atoms with E-state index in [4.69, 9.17) is 9.26 Å². The van der Waals surface area contributed by atoms with Gasteiger partial charge in [0, 0.05) is 5.92 Å². The first kappa shape index (κ1) is 17.9. The molecular formula is C22H19N3O3S. The molecule has 1 fully saturated rings. The number of carbonyl (C=O) groups is 1. The van der Waals surface area contributed by atoms with Crippen molar-refractivity contribution >= 4 is 33.7 Å². The summed E-state index contributed by atoms with van der Waals surface area (Å²) in [5, 5.41) is 10.8. The molecule has 0 bridgehead atoms. The number of carbonyl (C=O) groups excluding carboxylic acids is 1. The normalized spacial score (nSPS) is 13.6. The lowest BCUT2D eigenvalue weighted by molar-refractivity contribution is 0.102. The zero-order chi connectivity index (χ0) is 19.8. The minimum absolute atomic E-state index is 0.230. The average Bonchev–Trinajstić information content (AvgIpc) is 3.29. The summed E-state index contributed by atoms with van der Waals surface area (Å²) in [4.78, 5) is 18.5. The average molecular weight is 405 g/mol. The predicted molar refractivity (Wildman–Crippen MR) is 113 cm³/mol. The van der Waals surface area contributed by atoms with E-state index < -0.39 is 0 Å². The summed E-state index contributed by atoms with van der Waals surface area (Å²) in [5.41, 5.74) is 1.17. The fourth-order valence-electron chi connectivity index (χ4n) is 3.35. The van der Waals surface area contributed by atoms with Gasteiger partial charge in [-0.05, 0) is 48.1 Å². The van der Waals surface area contributed by atoms with Crippen molar-refractivity contribution in [1.82, 2.24) is 10.1 Å². The number of aromatic nitrogens is 2. The van der Waals surface area contributed by atoms with Crippen molar-refractivity contribution in [3.05, 3.63) is 59.2 Å². The van der Waals surface area contributed by atoms with Crippen LogP contribution in [0.25, 0.3) is 21.5 Å². The monoisotopic (exact) mass is 405 g/mol. The van der Waals surface area contributed by atoms with Crippen molar-refractivity contribution in [1.29, 1.82) is 0 Å². The van der Waals surface area contributed by atoms with E-state index in [1.807, 2.05) is 54.8 Å². The Kier molecular flexibility index (Phi) is 4.52. The molecule has 1 aliphatic rings. The number of hydrogen-bond donors (Lipinski definition) is 1. The van der Waals surface area contributed by atoms with Gasteiger partial charge in [-0.1, -0.05) is 35.5 Å². The molecule has 1 N–H and O–H groups in total. The minimum Gasteiger partial charge on any atom is -0.493 e. The molecule has 146 valence electrons. The smallest absolute Gasteiger partial charge is 0.270 e. The van der Waals surface area contributed by atoms with Crippen molar-refractivity contribution in [3.8, 4) is 16.5 Å². The van der Waals surface area contributed by atoms with Crippen molar-refractivity contribution in [2.75, 3.05) is 11.9 Å². The molecule has 5 rings (SSSR count). The van der Waals surface area contributed by atoms with Crippen molar-refractivity contribution < 1.29 is 14.1 Å². The molecule has 0 radical (unpaired) electrons. The van der Waals surface area contributed by atoms with Gasteiger partial charge in [-0.15, -0.1) is 11.3 Å². The van der Waals surface area contributed by atoms with Gasteiger partial charge in [0.05, 0.1) is 17.9 Å². The van der Waals surface area contributed by atoms with Crippen molar-refractivity contribution in [2.45, 2.75) is 25.7 Å². The molecule has 29 heavy (non-hydrogen) atoms. The van der Waals surface area contributed by atoms with Crippen LogP contribution in [0.15, 0.2) is 52.4 Å². The molecule has 2 aromatic carbocycles. The highest BCUT2D eigenvalue weighted by Gasteiger charge is 2.29. The van der Waals surface area contributed by atoms with E-state index in [2.05, 4.69) is 15.5 Å². The zero-order valence-electron chi connectivity index (χ0n) is 15.8. The fraction of sp³-hybridized carbons (Fsp3) is 0.227. The number of nitrogens with zero attached hydrogens (tertiary/aromatic N) is 2. The van der Waals surface area contributed by atoms with Crippen LogP contribution in [0.5, 0.6) is 5.75 Å². The maximum atomic E-state index is 13.3. The molecule has 0 atom stereocenters. The zero-order valence-corrected chi connectivity index (χ0v) is 16.7. The van der Waals surface area contributed by atoms with Gasteiger partial charge >= 0.3 is 0 Å². The van der Waals surface area contributed by atoms with Crippen LogP contribution in [-0.2, 0) is 0 Å². The van der Waals surface area contributed by atoms with Crippen LogP contribution in [0.1, 0.15) is 41.9 Å². The molecule has 0 spiro atoms. The first-order valence-corrected chi connectivity index (χ1v) is 10.5. The number of thiophene rings is 1. The van der Waals surface area contributed by atoms with Gasteiger partial charge < -0.3 is 14.6 Å². The Balaban J connectivity index is 1.50. The Labute approximate surface area is 171 Å². The third-order valence-corrected chi connectivity index (χ3v) is 5.81. The number of nitrogens with one attached hydrogen (secondary N) is 1.